The van der Waals surface area contributed by atoms with E-state index in [0.29, 0.717) is 33.1 Å². The van der Waals surface area contributed by atoms with E-state index < -0.39 is 5.97 Å². The Morgan fingerprint density at radius 2 is 1.91 bits per heavy atom. The molecule has 0 saturated carbocycles. The number of aromatic nitrogens is 3. The van der Waals surface area contributed by atoms with Gasteiger partial charge < -0.3 is 10.1 Å². The number of carbonyl (C=O) groups excluding carboxylic acids is 1. The van der Waals surface area contributed by atoms with Crippen molar-refractivity contribution in [3.05, 3.63) is 82.1 Å². The van der Waals surface area contributed by atoms with Gasteiger partial charge in [0.1, 0.15) is 11.3 Å². The van der Waals surface area contributed by atoms with E-state index in [1.54, 1.807) is 29.2 Å². The molecular weight excluding hydrogens is 501 g/mol. The molecule has 168 valence electrons. The minimum atomic E-state index is -0.456. The lowest BCUT2D eigenvalue weighted by Gasteiger charge is -2.08. The lowest BCUT2D eigenvalue weighted by molar-refractivity contribution is 0.0602. The molecule has 0 amide bonds. The Kier molecular flexibility index (Phi) is 7.24. The van der Waals surface area contributed by atoms with Gasteiger partial charge in [-0.25, -0.2) is 14.5 Å². The molecule has 0 atom stereocenters. The zero-order valence-corrected chi connectivity index (χ0v) is 20.4. The largest absolute Gasteiger partial charge is 0.465 e. The third-order valence-electron chi connectivity index (χ3n) is 4.51. The molecule has 0 bridgehead atoms. The minimum absolute atomic E-state index is 0.244. The quantitative estimate of drug-likeness (QED) is 0.241. The highest BCUT2D eigenvalue weighted by Crippen LogP contribution is 2.36. The molecule has 0 radical (unpaired) electrons. The van der Waals surface area contributed by atoms with Crippen molar-refractivity contribution in [2.45, 2.75) is 6.54 Å². The van der Waals surface area contributed by atoms with Gasteiger partial charge in [-0.05, 0) is 41.5 Å². The Morgan fingerprint density at radius 3 is 2.64 bits per heavy atom. The van der Waals surface area contributed by atoms with E-state index in [-0.39, 0.29) is 5.11 Å². The van der Waals surface area contributed by atoms with Crippen LogP contribution in [-0.4, -0.2) is 33.0 Å². The van der Waals surface area contributed by atoms with Crippen molar-refractivity contribution in [2.24, 2.45) is 0 Å². The molecule has 4 rings (SSSR count). The van der Waals surface area contributed by atoms with Gasteiger partial charge in [0, 0.05) is 4.88 Å². The molecule has 2 N–H and O–H groups in total. The van der Waals surface area contributed by atoms with Crippen LogP contribution >= 0.6 is 46.8 Å². The van der Waals surface area contributed by atoms with Crippen molar-refractivity contribution in [3.63, 3.8) is 0 Å². The van der Waals surface area contributed by atoms with Crippen LogP contribution in [0.1, 0.15) is 15.9 Å². The lowest BCUT2D eigenvalue weighted by Crippen LogP contribution is -2.20. The van der Waals surface area contributed by atoms with Gasteiger partial charge in [-0.3, -0.25) is 5.32 Å². The number of carbonyl (C=O) groups is 1. The van der Waals surface area contributed by atoms with Crippen LogP contribution in [0.25, 0.3) is 10.4 Å². The summed E-state index contributed by atoms with van der Waals surface area (Å²) < 4.78 is 6.56. The van der Waals surface area contributed by atoms with E-state index in [1.807, 2.05) is 36.4 Å². The lowest BCUT2D eigenvalue weighted by atomic mass is 10.1. The molecule has 0 spiro atoms. The van der Waals surface area contributed by atoms with Crippen LogP contribution < -0.4 is 10.6 Å². The SMILES string of the molecule is COC(=O)c1cc(-c2ccccc2)sc1NC(=S)Nc1ncn(Cc2ccc(Cl)c(Cl)c2)n1. The Bertz CT molecular complexity index is 1310. The molecule has 0 saturated heterocycles. The van der Waals surface area contributed by atoms with Gasteiger partial charge in [-0.15, -0.1) is 16.4 Å². The Labute approximate surface area is 209 Å². The number of thiophene rings is 1. The average molecular weight is 518 g/mol. The van der Waals surface area contributed by atoms with Crippen LogP contribution in [0.5, 0.6) is 0 Å². The first kappa shape index (κ1) is 23.2. The van der Waals surface area contributed by atoms with E-state index in [0.717, 1.165) is 16.0 Å². The summed E-state index contributed by atoms with van der Waals surface area (Å²) in [4.78, 5) is 17.4. The molecule has 2 aromatic heterocycles. The molecule has 33 heavy (non-hydrogen) atoms. The summed E-state index contributed by atoms with van der Waals surface area (Å²) in [5.74, 6) is -0.144. The van der Waals surface area contributed by atoms with Crippen molar-refractivity contribution in [1.29, 1.82) is 0 Å². The summed E-state index contributed by atoms with van der Waals surface area (Å²) in [6, 6.07) is 16.9. The first-order chi connectivity index (χ1) is 15.9. The minimum Gasteiger partial charge on any atom is -0.465 e. The van der Waals surface area contributed by atoms with Crippen LogP contribution in [0.15, 0.2) is 60.9 Å². The number of hydrogen-bond acceptors (Lipinski definition) is 6. The van der Waals surface area contributed by atoms with Crippen LogP contribution in [0, 0.1) is 0 Å². The van der Waals surface area contributed by atoms with Gasteiger partial charge in [-0.2, -0.15) is 0 Å². The average Bonchev–Trinajstić information content (AvgIpc) is 3.43. The van der Waals surface area contributed by atoms with E-state index in [9.17, 15) is 4.79 Å². The van der Waals surface area contributed by atoms with E-state index in [1.165, 1.54) is 18.4 Å². The van der Waals surface area contributed by atoms with Crippen LogP contribution in [-0.2, 0) is 11.3 Å². The van der Waals surface area contributed by atoms with Crippen LogP contribution in [0.4, 0.5) is 10.9 Å². The molecule has 0 fully saturated rings. The number of hydrogen-bond donors (Lipinski definition) is 2. The maximum Gasteiger partial charge on any atom is 0.340 e. The number of halogens is 2. The number of nitrogens with zero attached hydrogens (tertiary/aromatic N) is 3. The number of benzene rings is 2. The standard InChI is InChI=1S/C22H17Cl2N5O2S2/c1-31-20(30)15-10-18(14-5-3-2-4-6-14)33-19(15)26-22(32)27-21-25-12-29(28-21)11-13-7-8-16(23)17(24)9-13/h2-10,12H,11H2,1H3,(H2,26,27,28,32). The maximum absolute atomic E-state index is 12.3. The van der Waals surface area contributed by atoms with Crippen molar-refractivity contribution in [1.82, 2.24) is 14.8 Å². The van der Waals surface area contributed by atoms with E-state index >= 15 is 0 Å². The highest BCUT2D eigenvalue weighted by Gasteiger charge is 2.19. The second-order valence-corrected chi connectivity index (χ2v) is 9.08. The number of nitrogens with one attached hydrogen (secondary N) is 2. The molecule has 11 heteroatoms. The second kappa shape index (κ2) is 10.3. The fourth-order valence-electron chi connectivity index (χ4n) is 2.98. The highest BCUT2D eigenvalue weighted by molar-refractivity contribution is 7.80. The molecule has 4 aromatic rings. The van der Waals surface area contributed by atoms with Crippen LogP contribution in [0.3, 0.4) is 0 Å². The summed E-state index contributed by atoms with van der Waals surface area (Å²) in [6.07, 6.45) is 1.58. The van der Waals surface area contributed by atoms with Crippen molar-refractivity contribution >= 4 is 68.8 Å². The van der Waals surface area contributed by atoms with Gasteiger partial charge in [0.25, 0.3) is 0 Å². The molecule has 0 aliphatic heterocycles. The van der Waals surface area contributed by atoms with Crippen molar-refractivity contribution < 1.29 is 9.53 Å². The van der Waals surface area contributed by atoms with Gasteiger partial charge >= 0.3 is 5.97 Å². The zero-order valence-electron chi connectivity index (χ0n) is 17.2. The molecule has 2 heterocycles. The summed E-state index contributed by atoms with van der Waals surface area (Å²) >= 11 is 18.8. The molecule has 0 aliphatic rings. The number of rotatable bonds is 6. The highest BCUT2D eigenvalue weighted by atomic mass is 35.5. The predicted molar refractivity (Wildman–Crippen MR) is 137 cm³/mol. The summed E-state index contributed by atoms with van der Waals surface area (Å²) in [7, 11) is 1.34. The number of anilines is 2. The van der Waals surface area contributed by atoms with E-state index in [4.69, 9.17) is 40.2 Å². The summed E-state index contributed by atoms with van der Waals surface area (Å²) in [6.45, 7) is 0.462. The Hall–Kier alpha value is -2.98. The van der Waals surface area contributed by atoms with Gasteiger partial charge in [0.05, 0.1) is 29.3 Å². The van der Waals surface area contributed by atoms with Crippen LogP contribution in [0.2, 0.25) is 10.0 Å². The summed E-state index contributed by atoms with van der Waals surface area (Å²) in [5, 5.41) is 12.1. The maximum atomic E-state index is 12.3. The predicted octanol–water partition coefficient (Wildman–Crippen LogP) is 5.96. The van der Waals surface area contributed by atoms with Crippen molar-refractivity contribution in [2.75, 3.05) is 17.7 Å². The monoisotopic (exact) mass is 517 g/mol. The number of methoxy groups -OCH3 is 1. The van der Waals surface area contributed by atoms with E-state index in [2.05, 4.69) is 20.7 Å². The molecular formula is C22H17Cl2N5O2S2. The summed E-state index contributed by atoms with van der Waals surface area (Å²) in [5.41, 5.74) is 2.31. The molecule has 0 unspecified atom stereocenters. The second-order valence-electron chi connectivity index (χ2n) is 6.80. The fourth-order valence-corrected chi connectivity index (χ4v) is 4.61. The van der Waals surface area contributed by atoms with Crippen molar-refractivity contribution in [3.8, 4) is 10.4 Å². The number of ether oxygens (including phenoxy) is 1. The molecule has 0 aliphatic carbocycles. The zero-order chi connectivity index (χ0) is 23.4. The molecule has 2 aromatic carbocycles. The number of esters is 1. The third-order valence-corrected chi connectivity index (χ3v) is 6.56. The third kappa shape index (κ3) is 5.69. The first-order valence-electron chi connectivity index (χ1n) is 9.62. The smallest absolute Gasteiger partial charge is 0.340 e. The normalized spacial score (nSPS) is 10.6. The van der Waals surface area contributed by atoms with Gasteiger partial charge in [0.2, 0.25) is 5.95 Å². The Balaban J connectivity index is 1.46. The Morgan fingerprint density at radius 1 is 1.12 bits per heavy atom. The fraction of sp³-hybridized carbons (Fsp3) is 0.0909. The van der Waals surface area contributed by atoms with Gasteiger partial charge in [0.15, 0.2) is 5.11 Å². The number of thiocarbonyl (C=S) groups is 1. The first-order valence-corrected chi connectivity index (χ1v) is 11.6. The van der Waals surface area contributed by atoms with Gasteiger partial charge in [-0.1, -0.05) is 59.6 Å². The molecule has 7 nitrogen and oxygen atoms in total. The topological polar surface area (TPSA) is 81.1 Å².